The van der Waals surface area contributed by atoms with Gasteiger partial charge >= 0.3 is 0 Å². The molecular formula is C9H17NO. The van der Waals surface area contributed by atoms with Crippen molar-refractivity contribution in [2.24, 2.45) is 11.8 Å². The van der Waals surface area contributed by atoms with Crippen molar-refractivity contribution < 1.29 is 4.74 Å². The maximum Gasteiger partial charge on any atom is 0.0507 e. The SMILES string of the molecule is C1C[C@@H](COCC2CC2)CN1. The van der Waals surface area contributed by atoms with E-state index < -0.39 is 0 Å². The molecule has 2 fully saturated rings. The van der Waals surface area contributed by atoms with Gasteiger partial charge < -0.3 is 10.1 Å². The molecule has 0 unspecified atom stereocenters. The first-order chi connectivity index (χ1) is 5.45. The van der Waals surface area contributed by atoms with Crippen LogP contribution in [0.25, 0.3) is 0 Å². The predicted molar refractivity (Wildman–Crippen MR) is 44.5 cm³/mol. The zero-order chi connectivity index (χ0) is 7.52. The molecule has 0 spiro atoms. The van der Waals surface area contributed by atoms with Crippen molar-refractivity contribution in [1.82, 2.24) is 5.32 Å². The van der Waals surface area contributed by atoms with Crippen molar-refractivity contribution in [2.75, 3.05) is 26.3 Å². The molecule has 0 aromatic rings. The third-order valence-corrected chi connectivity index (χ3v) is 2.57. The van der Waals surface area contributed by atoms with Crippen molar-refractivity contribution in [1.29, 1.82) is 0 Å². The molecule has 1 saturated heterocycles. The summed E-state index contributed by atoms with van der Waals surface area (Å²) in [7, 11) is 0. The minimum atomic E-state index is 0.800. The Kier molecular flexibility index (Phi) is 2.44. The zero-order valence-corrected chi connectivity index (χ0v) is 7.01. The van der Waals surface area contributed by atoms with Crippen molar-refractivity contribution in [3.63, 3.8) is 0 Å². The minimum Gasteiger partial charge on any atom is -0.381 e. The van der Waals surface area contributed by atoms with E-state index in [9.17, 15) is 0 Å². The van der Waals surface area contributed by atoms with Crippen LogP contribution >= 0.6 is 0 Å². The summed E-state index contributed by atoms with van der Waals surface area (Å²) in [6.45, 7) is 4.38. The van der Waals surface area contributed by atoms with Gasteiger partial charge in [0.25, 0.3) is 0 Å². The minimum absolute atomic E-state index is 0.800. The van der Waals surface area contributed by atoms with Gasteiger partial charge in [-0.15, -0.1) is 0 Å². The standard InChI is InChI=1S/C9H17NO/c1-2-8(1)6-11-7-9-3-4-10-5-9/h8-10H,1-7H2/t9-/m1/s1. The molecule has 0 aromatic carbocycles. The van der Waals surface area contributed by atoms with Crippen LogP contribution in [0.3, 0.4) is 0 Å². The highest BCUT2D eigenvalue weighted by Gasteiger charge is 2.22. The zero-order valence-electron chi connectivity index (χ0n) is 7.01. The normalized spacial score (nSPS) is 31.1. The molecule has 2 aliphatic rings. The Hall–Kier alpha value is -0.0800. The Bertz CT molecular complexity index is 117. The predicted octanol–water partition coefficient (Wildman–Crippen LogP) is 1.02. The van der Waals surface area contributed by atoms with Crippen molar-refractivity contribution >= 4 is 0 Å². The summed E-state index contributed by atoms with van der Waals surface area (Å²) in [6, 6.07) is 0. The highest BCUT2D eigenvalue weighted by Crippen LogP contribution is 2.29. The first-order valence-corrected chi connectivity index (χ1v) is 4.73. The number of ether oxygens (including phenoxy) is 1. The summed E-state index contributed by atoms with van der Waals surface area (Å²) < 4.78 is 5.60. The fourth-order valence-corrected chi connectivity index (χ4v) is 1.54. The van der Waals surface area contributed by atoms with Crippen LogP contribution in [0.4, 0.5) is 0 Å². The van der Waals surface area contributed by atoms with Gasteiger partial charge in [-0.25, -0.2) is 0 Å². The van der Waals surface area contributed by atoms with Crippen LogP contribution in [-0.4, -0.2) is 26.3 Å². The van der Waals surface area contributed by atoms with Gasteiger partial charge in [0.05, 0.1) is 6.61 Å². The summed E-state index contributed by atoms with van der Waals surface area (Å²) in [5.41, 5.74) is 0. The highest BCUT2D eigenvalue weighted by atomic mass is 16.5. The maximum absolute atomic E-state index is 5.60. The molecule has 0 amide bonds. The van der Waals surface area contributed by atoms with Gasteiger partial charge in [0, 0.05) is 13.2 Å². The van der Waals surface area contributed by atoms with E-state index >= 15 is 0 Å². The van der Waals surface area contributed by atoms with Crippen LogP contribution in [0.5, 0.6) is 0 Å². The molecule has 1 atom stereocenters. The van der Waals surface area contributed by atoms with Crippen LogP contribution < -0.4 is 5.32 Å². The monoisotopic (exact) mass is 155 g/mol. The average molecular weight is 155 g/mol. The van der Waals surface area contributed by atoms with Crippen molar-refractivity contribution in [2.45, 2.75) is 19.3 Å². The van der Waals surface area contributed by atoms with E-state index in [2.05, 4.69) is 5.32 Å². The van der Waals surface area contributed by atoms with Crippen LogP contribution in [0.15, 0.2) is 0 Å². The van der Waals surface area contributed by atoms with Crippen LogP contribution in [-0.2, 0) is 4.74 Å². The molecule has 1 saturated carbocycles. The third kappa shape index (κ3) is 2.46. The number of nitrogens with one attached hydrogen (secondary N) is 1. The Morgan fingerprint density at radius 1 is 1.09 bits per heavy atom. The van der Waals surface area contributed by atoms with Crippen molar-refractivity contribution in [3.8, 4) is 0 Å². The van der Waals surface area contributed by atoms with Gasteiger partial charge in [-0.1, -0.05) is 0 Å². The first kappa shape index (κ1) is 7.56. The lowest BCUT2D eigenvalue weighted by Crippen LogP contribution is -2.14. The smallest absolute Gasteiger partial charge is 0.0507 e. The number of hydrogen-bond acceptors (Lipinski definition) is 2. The number of rotatable bonds is 4. The van der Waals surface area contributed by atoms with E-state index in [0.29, 0.717) is 0 Å². The average Bonchev–Trinajstić information content (AvgIpc) is 2.66. The molecule has 1 aliphatic heterocycles. The molecule has 1 N–H and O–H groups in total. The molecule has 2 rings (SSSR count). The summed E-state index contributed by atoms with van der Waals surface area (Å²) in [5.74, 6) is 1.72. The second kappa shape index (κ2) is 3.55. The van der Waals surface area contributed by atoms with Gasteiger partial charge in [-0.2, -0.15) is 0 Å². The molecule has 0 radical (unpaired) electrons. The lowest BCUT2D eigenvalue weighted by atomic mass is 10.1. The molecule has 2 heteroatoms. The summed E-state index contributed by atoms with van der Waals surface area (Å²) in [5, 5.41) is 3.35. The van der Waals surface area contributed by atoms with Gasteiger partial charge in [0.2, 0.25) is 0 Å². The Morgan fingerprint density at radius 3 is 2.55 bits per heavy atom. The van der Waals surface area contributed by atoms with E-state index in [1.807, 2.05) is 0 Å². The molecular weight excluding hydrogens is 138 g/mol. The molecule has 0 aromatic heterocycles. The lowest BCUT2D eigenvalue weighted by molar-refractivity contribution is 0.0966. The Balaban J connectivity index is 1.51. The molecule has 0 bridgehead atoms. The molecule has 64 valence electrons. The van der Waals surface area contributed by atoms with E-state index in [-0.39, 0.29) is 0 Å². The van der Waals surface area contributed by atoms with Crippen molar-refractivity contribution in [3.05, 3.63) is 0 Å². The van der Waals surface area contributed by atoms with E-state index in [0.717, 1.165) is 25.0 Å². The van der Waals surface area contributed by atoms with E-state index in [4.69, 9.17) is 4.74 Å². The van der Waals surface area contributed by atoms with Gasteiger partial charge in [-0.05, 0) is 37.6 Å². The Morgan fingerprint density at radius 2 is 1.91 bits per heavy atom. The van der Waals surface area contributed by atoms with Gasteiger partial charge in [0.15, 0.2) is 0 Å². The van der Waals surface area contributed by atoms with Gasteiger partial charge in [0.1, 0.15) is 0 Å². The molecule has 2 nitrogen and oxygen atoms in total. The lowest BCUT2D eigenvalue weighted by Gasteiger charge is -2.07. The molecule has 11 heavy (non-hydrogen) atoms. The fourth-order valence-electron chi connectivity index (χ4n) is 1.54. The molecule has 1 aliphatic carbocycles. The van der Waals surface area contributed by atoms with Crippen LogP contribution in [0.1, 0.15) is 19.3 Å². The summed E-state index contributed by atoms with van der Waals surface area (Å²) in [6.07, 6.45) is 4.12. The topological polar surface area (TPSA) is 21.3 Å². The second-order valence-corrected chi connectivity index (χ2v) is 3.84. The highest BCUT2D eigenvalue weighted by molar-refractivity contribution is 4.74. The summed E-state index contributed by atoms with van der Waals surface area (Å²) >= 11 is 0. The van der Waals surface area contributed by atoms with Crippen LogP contribution in [0.2, 0.25) is 0 Å². The van der Waals surface area contributed by atoms with Gasteiger partial charge in [-0.3, -0.25) is 0 Å². The van der Waals surface area contributed by atoms with E-state index in [1.54, 1.807) is 0 Å². The largest absolute Gasteiger partial charge is 0.381 e. The second-order valence-electron chi connectivity index (χ2n) is 3.84. The van der Waals surface area contributed by atoms with E-state index in [1.165, 1.54) is 32.4 Å². The summed E-state index contributed by atoms with van der Waals surface area (Å²) in [4.78, 5) is 0. The Labute approximate surface area is 68.3 Å². The quantitative estimate of drug-likeness (QED) is 0.654. The number of hydrogen-bond donors (Lipinski definition) is 1. The first-order valence-electron chi connectivity index (χ1n) is 4.73. The fraction of sp³-hybridized carbons (Fsp3) is 1.00. The molecule has 1 heterocycles. The maximum atomic E-state index is 5.60. The third-order valence-electron chi connectivity index (χ3n) is 2.57. The van der Waals surface area contributed by atoms with Crippen LogP contribution in [0, 0.1) is 11.8 Å².